The minimum Gasteiger partial charge on any atom is -0.309 e. The Balaban J connectivity index is 1.09. The van der Waals surface area contributed by atoms with Gasteiger partial charge in [0.15, 0.2) is 0 Å². The molecule has 0 aliphatic rings. The van der Waals surface area contributed by atoms with E-state index in [9.17, 15) is 0 Å². The number of benzene rings is 8. The molecule has 50 heavy (non-hydrogen) atoms. The van der Waals surface area contributed by atoms with Crippen LogP contribution in [0.4, 0.5) is 0 Å². The minimum atomic E-state index is -0.770. The van der Waals surface area contributed by atoms with E-state index in [4.69, 9.17) is 0 Å². The van der Waals surface area contributed by atoms with Gasteiger partial charge < -0.3 is 4.57 Å². The third kappa shape index (κ3) is 5.63. The van der Waals surface area contributed by atoms with Crippen molar-refractivity contribution >= 4 is 45.6 Å². The summed E-state index contributed by atoms with van der Waals surface area (Å²) in [5.74, 6) is 0. The van der Waals surface area contributed by atoms with E-state index in [-0.39, 0.29) is 0 Å². The van der Waals surface area contributed by atoms with E-state index in [0.29, 0.717) is 0 Å². The Morgan fingerprint density at radius 1 is 0.280 bits per heavy atom. The summed E-state index contributed by atoms with van der Waals surface area (Å²) in [7, 11) is -0.770. The Bertz CT molecular complexity index is 2410. The van der Waals surface area contributed by atoms with Crippen molar-refractivity contribution in [1.29, 1.82) is 0 Å². The molecule has 0 spiro atoms. The molecule has 0 aliphatic carbocycles. The summed E-state index contributed by atoms with van der Waals surface area (Å²) in [5.41, 5.74) is 11.0. The van der Waals surface area contributed by atoms with Crippen LogP contribution < -0.4 is 15.9 Å². The summed E-state index contributed by atoms with van der Waals surface area (Å²) in [6.07, 6.45) is 0. The zero-order valence-corrected chi connectivity index (χ0v) is 28.4. The molecule has 0 saturated heterocycles. The van der Waals surface area contributed by atoms with E-state index >= 15 is 0 Å². The van der Waals surface area contributed by atoms with Crippen molar-refractivity contribution in [3.63, 3.8) is 0 Å². The van der Waals surface area contributed by atoms with Gasteiger partial charge in [0.25, 0.3) is 0 Å². The van der Waals surface area contributed by atoms with Crippen LogP contribution in [0.2, 0.25) is 0 Å². The van der Waals surface area contributed by atoms with Gasteiger partial charge >= 0.3 is 0 Å². The SMILES string of the molecule is c1ccc(-c2ccc(P(c3ccc(-c4ccccc4)cc3)c3ccc(-c4cccc(-n5c6ccccc6c6ccccc65)c4)cc3)cc2)cc1. The van der Waals surface area contributed by atoms with Crippen LogP contribution in [-0.4, -0.2) is 4.57 Å². The molecule has 1 aromatic heterocycles. The van der Waals surface area contributed by atoms with Crippen molar-refractivity contribution in [3.05, 3.63) is 206 Å². The molecule has 2 heteroatoms. The molecule has 0 saturated carbocycles. The first-order valence-corrected chi connectivity index (χ1v) is 18.4. The fourth-order valence-electron chi connectivity index (χ4n) is 7.14. The van der Waals surface area contributed by atoms with Gasteiger partial charge in [-0.1, -0.05) is 182 Å². The second-order valence-corrected chi connectivity index (χ2v) is 14.8. The summed E-state index contributed by atoms with van der Waals surface area (Å²) < 4.78 is 2.39. The molecule has 0 atom stereocenters. The first-order valence-electron chi connectivity index (χ1n) is 17.1. The predicted molar refractivity (Wildman–Crippen MR) is 216 cm³/mol. The van der Waals surface area contributed by atoms with Gasteiger partial charge in [0.2, 0.25) is 0 Å². The molecule has 1 heterocycles. The van der Waals surface area contributed by atoms with Gasteiger partial charge in [-0.15, -0.1) is 0 Å². The zero-order valence-electron chi connectivity index (χ0n) is 27.5. The molecular formula is C48H34NP. The number of rotatable bonds is 7. The van der Waals surface area contributed by atoms with E-state index in [1.54, 1.807) is 0 Å². The molecule has 0 bridgehead atoms. The lowest BCUT2D eigenvalue weighted by molar-refractivity contribution is 1.18. The topological polar surface area (TPSA) is 4.93 Å². The fourth-order valence-corrected chi connectivity index (χ4v) is 9.38. The maximum Gasteiger partial charge on any atom is 0.0541 e. The van der Waals surface area contributed by atoms with Gasteiger partial charge in [-0.25, -0.2) is 0 Å². The van der Waals surface area contributed by atoms with Crippen molar-refractivity contribution in [2.24, 2.45) is 0 Å². The Kier molecular flexibility index (Phi) is 7.90. The van der Waals surface area contributed by atoms with Gasteiger partial charge in [0.05, 0.1) is 11.0 Å². The Morgan fingerprint density at radius 3 is 1.10 bits per heavy atom. The van der Waals surface area contributed by atoms with Crippen LogP contribution >= 0.6 is 7.92 Å². The van der Waals surface area contributed by atoms with Crippen LogP contribution in [0.15, 0.2) is 206 Å². The number of nitrogens with zero attached hydrogens (tertiary/aromatic N) is 1. The normalized spacial score (nSPS) is 11.4. The molecule has 1 nitrogen and oxygen atoms in total. The van der Waals surface area contributed by atoms with Crippen LogP contribution in [0.5, 0.6) is 0 Å². The molecule has 0 radical (unpaired) electrons. The third-order valence-corrected chi connectivity index (χ3v) is 12.1. The van der Waals surface area contributed by atoms with E-state index in [1.807, 2.05) is 0 Å². The standard InChI is InChI=1S/C48H34NP/c1-3-12-35(13-4-1)37-22-28-42(29-23-37)50(43-30-24-38(25-31-43)36-14-5-2-6-15-36)44-32-26-39(27-33-44)40-16-11-17-41(34-40)49-47-20-9-7-18-45(47)46-19-8-10-21-48(46)49/h1-34H. The fraction of sp³-hybridized carbons (Fsp3) is 0. The summed E-state index contributed by atoms with van der Waals surface area (Å²) in [6.45, 7) is 0. The maximum absolute atomic E-state index is 2.39. The second-order valence-electron chi connectivity index (χ2n) is 12.6. The number of fused-ring (bicyclic) bond motifs is 3. The first-order chi connectivity index (χ1) is 24.8. The summed E-state index contributed by atoms with van der Waals surface area (Å²) in [6, 6.07) is 75.2. The smallest absolute Gasteiger partial charge is 0.0541 e. The predicted octanol–water partition coefficient (Wildman–Crippen LogP) is 11.5. The van der Waals surface area contributed by atoms with Crippen molar-refractivity contribution in [2.45, 2.75) is 0 Å². The van der Waals surface area contributed by atoms with Gasteiger partial charge in [-0.2, -0.15) is 0 Å². The molecule has 9 rings (SSSR count). The molecule has 9 aromatic rings. The molecule has 0 amide bonds. The average Bonchev–Trinajstić information content (AvgIpc) is 3.54. The zero-order chi connectivity index (χ0) is 33.3. The number of hydrogen-bond acceptors (Lipinski definition) is 0. The third-order valence-electron chi connectivity index (χ3n) is 9.61. The van der Waals surface area contributed by atoms with Crippen molar-refractivity contribution in [1.82, 2.24) is 4.57 Å². The Hall–Kier alpha value is -6.01. The largest absolute Gasteiger partial charge is 0.309 e. The summed E-state index contributed by atoms with van der Waals surface area (Å²) in [4.78, 5) is 0. The van der Waals surface area contributed by atoms with E-state index < -0.39 is 7.92 Å². The van der Waals surface area contributed by atoms with Gasteiger partial charge in [0.1, 0.15) is 0 Å². The maximum atomic E-state index is 2.39. The highest BCUT2D eigenvalue weighted by Gasteiger charge is 2.18. The number of para-hydroxylation sites is 2. The van der Waals surface area contributed by atoms with Crippen LogP contribution in [0.1, 0.15) is 0 Å². The highest BCUT2D eigenvalue weighted by molar-refractivity contribution is 7.79. The Morgan fingerprint density at radius 2 is 0.640 bits per heavy atom. The van der Waals surface area contributed by atoms with Crippen molar-refractivity contribution in [3.8, 4) is 39.1 Å². The highest BCUT2D eigenvalue weighted by atomic mass is 31.1. The monoisotopic (exact) mass is 655 g/mol. The molecule has 0 fully saturated rings. The molecular weight excluding hydrogens is 622 g/mol. The van der Waals surface area contributed by atoms with E-state index in [2.05, 4.69) is 211 Å². The lowest BCUT2D eigenvalue weighted by Gasteiger charge is -2.21. The van der Waals surface area contributed by atoms with Crippen LogP contribution in [0.25, 0.3) is 60.9 Å². The Labute approximate surface area is 294 Å². The molecule has 0 unspecified atom stereocenters. The summed E-state index contributed by atoms with van der Waals surface area (Å²) >= 11 is 0. The van der Waals surface area contributed by atoms with Crippen LogP contribution in [0, 0.1) is 0 Å². The molecule has 8 aromatic carbocycles. The van der Waals surface area contributed by atoms with E-state index in [0.717, 1.165) is 0 Å². The number of aromatic nitrogens is 1. The average molecular weight is 656 g/mol. The van der Waals surface area contributed by atoms with Crippen molar-refractivity contribution in [2.75, 3.05) is 0 Å². The molecule has 236 valence electrons. The molecule has 0 N–H and O–H groups in total. The molecule has 0 aliphatic heterocycles. The highest BCUT2D eigenvalue weighted by Crippen LogP contribution is 2.37. The first kappa shape index (κ1) is 30.1. The second kappa shape index (κ2) is 13.1. The summed E-state index contributed by atoms with van der Waals surface area (Å²) in [5, 5.41) is 6.57. The quantitative estimate of drug-likeness (QED) is 0.151. The van der Waals surface area contributed by atoms with Gasteiger partial charge in [-0.05, 0) is 81.5 Å². The number of hydrogen-bond donors (Lipinski definition) is 0. The minimum absolute atomic E-state index is 0.770. The van der Waals surface area contributed by atoms with Crippen LogP contribution in [0.3, 0.4) is 0 Å². The van der Waals surface area contributed by atoms with Gasteiger partial charge in [-0.3, -0.25) is 0 Å². The van der Waals surface area contributed by atoms with Crippen molar-refractivity contribution < 1.29 is 0 Å². The van der Waals surface area contributed by atoms with Gasteiger partial charge in [0, 0.05) is 16.5 Å². The lowest BCUT2D eigenvalue weighted by atomic mass is 10.1. The lowest BCUT2D eigenvalue weighted by Crippen LogP contribution is -2.20. The van der Waals surface area contributed by atoms with Crippen LogP contribution in [-0.2, 0) is 0 Å². The van der Waals surface area contributed by atoms with E-state index in [1.165, 1.54) is 76.8 Å².